The van der Waals surface area contributed by atoms with Crippen LogP contribution in [0.3, 0.4) is 0 Å². The van der Waals surface area contributed by atoms with Gasteiger partial charge in [0, 0.05) is 0 Å². The molecule has 81 valence electrons. The van der Waals surface area contributed by atoms with Crippen LogP contribution in [0.1, 0.15) is 5.56 Å². The number of hydrogen-bond donors (Lipinski definition) is 0. The van der Waals surface area contributed by atoms with Crippen molar-refractivity contribution in [2.75, 3.05) is 0 Å². The molecule has 0 radical (unpaired) electrons. The zero-order valence-electron chi connectivity index (χ0n) is 7.90. The van der Waals surface area contributed by atoms with Crippen LogP contribution in [0.25, 0.3) is 10.8 Å². The maximum atomic E-state index is 9.86. The predicted octanol–water partition coefficient (Wildman–Crippen LogP) is 4.89. The minimum absolute atomic E-state index is 1.18. The van der Waals surface area contributed by atoms with Crippen molar-refractivity contribution in [2.24, 2.45) is 0 Å². The van der Waals surface area contributed by atoms with Crippen molar-refractivity contribution in [3.8, 4) is 0 Å². The Hall–Kier alpha value is -0.0169. The molecule has 0 aliphatic heterocycles. The fraction of sp³-hybridized carbons (Fsp3) is 0.100. The van der Waals surface area contributed by atoms with Gasteiger partial charge in [-0.1, -0.05) is 28.9 Å². The van der Waals surface area contributed by atoms with Crippen LogP contribution >= 0.6 is 15.9 Å². The van der Waals surface area contributed by atoms with Crippen molar-refractivity contribution in [1.82, 2.24) is 0 Å². The molecular weight excluding hydrogens is 348 g/mol. The molecule has 0 bridgehead atoms. The molecule has 0 saturated heterocycles. The van der Waals surface area contributed by atoms with E-state index in [4.69, 9.17) is 0 Å². The Kier molecular flexibility index (Phi) is 5.14. The van der Waals surface area contributed by atoms with Gasteiger partial charge >= 0.3 is 31.5 Å². The number of fused-ring (bicyclic) bond motifs is 1. The summed E-state index contributed by atoms with van der Waals surface area (Å²) in [6, 6.07) is 10.7. The summed E-state index contributed by atoms with van der Waals surface area (Å²) < 4.78 is 30.8. The summed E-state index contributed by atoms with van der Waals surface area (Å²) in [7, 11) is 0. The topological polar surface area (TPSA) is 0 Å². The van der Waals surface area contributed by atoms with E-state index < -0.39 is 23.6 Å². The van der Waals surface area contributed by atoms with E-state index in [2.05, 4.69) is 53.2 Å². The monoisotopic (exact) mass is 354 g/mol. The van der Waals surface area contributed by atoms with Crippen LogP contribution in [-0.2, 0) is 23.6 Å². The van der Waals surface area contributed by atoms with E-state index in [1.807, 2.05) is 0 Å². The maximum absolute atomic E-state index is 9.86. The van der Waals surface area contributed by atoms with Gasteiger partial charge in [-0.05, 0) is 4.47 Å². The van der Waals surface area contributed by atoms with Gasteiger partial charge in [-0.3, -0.25) is 0 Å². The second-order valence-electron chi connectivity index (χ2n) is 2.99. The van der Waals surface area contributed by atoms with Gasteiger partial charge in [0.25, 0.3) is 0 Å². The molecule has 0 heterocycles. The van der Waals surface area contributed by atoms with Gasteiger partial charge < -0.3 is 0 Å². The molecule has 0 spiro atoms. The van der Waals surface area contributed by atoms with E-state index >= 15 is 0 Å². The van der Waals surface area contributed by atoms with E-state index in [0.717, 1.165) is 0 Å². The molecule has 0 saturated carbocycles. The minimum atomic E-state index is -5.04. The van der Waals surface area contributed by atoms with Crippen molar-refractivity contribution >= 4 is 26.7 Å². The normalized spacial score (nSPS) is 9.67. The van der Waals surface area contributed by atoms with Crippen LogP contribution in [0.5, 0.6) is 0 Å². The summed E-state index contributed by atoms with van der Waals surface area (Å²) in [4.78, 5) is 0. The molecule has 5 heteroatoms. The zero-order chi connectivity index (χ0) is 11.4. The second kappa shape index (κ2) is 5.90. The predicted molar refractivity (Wildman–Crippen MR) is 55.3 cm³/mol. The summed E-state index contributed by atoms with van der Waals surface area (Å²) >= 11 is -1.53. The molecule has 2 aromatic carbocycles. The van der Waals surface area contributed by atoms with E-state index in [1.165, 1.54) is 20.8 Å². The Balaban J connectivity index is 0.000000245. The Morgan fingerprint density at radius 1 is 1.27 bits per heavy atom. The summed E-state index contributed by atoms with van der Waals surface area (Å²) in [5, 5.41) is 2.63. The fourth-order valence-corrected chi connectivity index (χ4v) is 1.84. The quantitative estimate of drug-likeness (QED) is 0.590. The summed E-state index contributed by atoms with van der Waals surface area (Å²) in [5.41, 5.74) is 1.33. The standard InChI is InChI=1S/C10H8Br.3FH.Zr/c1-7-5-8-3-2-4-10(11)9(8)6-7;;;;/h2-6H,1H3;3*1H;/q-1;;;;+3/p-3. The third-order valence-corrected chi connectivity index (χ3v) is 2.53. The van der Waals surface area contributed by atoms with Crippen molar-refractivity contribution in [1.29, 1.82) is 0 Å². The molecule has 2 aromatic rings. The van der Waals surface area contributed by atoms with Crippen LogP contribution in [0, 0.1) is 6.92 Å². The third-order valence-electron chi connectivity index (χ3n) is 1.84. The molecule has 0 unspecified atom stereocenters. The van der Waals surface area contributed by atoms with Gasteiger partial charge in [0.2, 0.25) is 0 Å². The molecule has 0 aliphatic rings. The average molecular weight is 356 g/mol. The van der Waals surface area contributed by atoms with Gasteiger partial charge in [-0.15, -0.1) is 34.5 Å². The Bertz CT molecular complexity index is 436. The molecule has 0 atom stereocenters. The SMILES string of the molecule is Cc1cc2c(Br)cccc2[cH-]1.[F][Zr]([F])[F]. The van der Waals surface area contributed by atoms with Crippen LogP contribution in [0.2, 0.25) is 0 Å². The van der Waals surface area contributed by atoms with Crippen LogP contribution in [-0.4, -0.2) is 0 Å². The number of hydrogen-bond acceptors (Lipinski definition) is 0. The first-order valence-electron chi connectivity index (χ1n) is 4.15. The van der Waals surface area contributed by atoms with Crippen LogP contribution < -0.4 is 0 Å². The number of halogens is 4. The Morgan fingerprint density at radius 3 is 2.40 bits per heavy atom. The molecule has 0 fully saturated rings. The van der Waals surface area contributed by atoms with Crippen molar-refractivity contribution in [2.45, 2.75) is 6.92 Å². The Labute approximate surface area is 105 Å². The first kappa shape index (κ1) is 13.0. The number of benzene rings is 1. The molecule has 0 amide bonds. The van der Waals surface area contributed by atoms with Gasteiger partial charge in [0.05, 0.1) is 0 Å². The van der Waals surface area contributed by atoms with Crippen molar-refractivity contribution in [3.05, 3.63) is 40.4 Å². The van der Waals surface area contributed by atoms with Gasteiger partial charge in [-0.25, -0.2) is 0 Å². The van der Waals surface area contributed by atoms with Crippen LogP contribution in [0.4, 0.5) is 7.88 Å². The summed E-state index contributed by atoms with van der Waals surface area (Å²) in [5.74, 6) is 0. The zero-order valence-corrected chi connectivity index (χ0v) is 11.9. The van der Waals surface area contributed by atoms with Crippen molar-refractivity contribution < 1.29 is 31.5 Å². The van der Waals surface area contributed by atoms with Crippen LogP contribution in [0.15, 0.2) is 34.8 Å². The second-order valence-corrected chi connectivity index (χ2v) is 4.90. The van der Waals surface area contributed by atoms with E-state index in [9.17, 15) is 7.88 Å². The average Bonchev–Trinajstić information content (AvgIpc) is 2.46. The molecule has 2 rings (SSSR count). The summed E-state index contributed by atoms with van der Waals surface area (Å²) in [6.45, 7) is 2.12. The first-order chi connectivity index (χ1) is 7.00. The molecule has 15 heavy (non-hydrogen) atoms. The van der Waals surface area contributed by atoms with E-state index in [-0.39, 0.29) is 0 Å². The molecule has 0 aliphatic carbocycles. The fourth-order valence-electron chi connectivity index (χ4n) is 1.35. The van der Waals surface area contributed by atoms with Crippen molar-refractivity contribution in [3.63, 3.8) is 0 Å². The van der Waals surface area contributed by atoms with E-state index in [0.29, 0.717) is 0 Å². The van der Waals surface area contributed by atoms with E-state index in [1.54, 1.807) is 0 Å². The molecule has 0 aromatic heterocycles. The van der Waals surface area contributed by atoms with Gasteiger partial charge in [0.15, 0.2) is 0 Å². The Morgan fingerprint density at radius 2 is 1.87 bits per heavy atom. The molecule has 0 N–H and O–H groups in total. The molecular formula is C10H8BrF3Zr-. The number of rotatable bonds is 0. The first-order valence-corrected chi connectivity index (χ1v) is 7.73. The van der Waals surface area contributed by atoms with Gasteiger partial charge in [-0.2, -0.15) is 6.07 Å². The van der Waals surface area contributed by atoms with Gasteiger partial charge in [0.1, 0.15) is 0 Å². The summed E-state index contributed by atoms with van der Waals surface area (Å²) in [6.07, 6.45) is 0. The molecule has 0 nitrogen and oxygen atoms in total. The third kappa shape index (κ3) is 4.15. The number of aryl methyl sites for hydroxylation is 1.